The SMILES string of the molecule is Cc1cc(Cl)ccc1C(N)c1nc2c(s1)CCC2. The number of aromatic nitrogens is 1. The molecule has 0 amide bonds. The van der Waals surface area contributed by atoms with Gasteiger partial charge in [0, 0.05) is 9.90 Å². The highest BCUT2D eigenvalue weighted by atomic mass is 35.5. The predicted octanol–water partition coefficient (Wildman–Crippen LogP) is 3.64. The van der Waals surface area contributed by atoms with Gasteiger partial charge in [-0.3, -0.25) is 0 Å². The van der Waals surface area contributed by atoms with Crippen molar-refractivity contribution in [2.45, 2.75) is 32.2 Å². The molecule has 3 rings (SSSR count). The van der Waals surface area contributed by atoms with Gasteiger partial charge in [-0.2, -0.15) is 0 Å². The standard InChI is InChI=1S/C14H15ClN2S/c1-8-7-9(15)5-6-10(8)13(16)14-17-11-3-2-4-12(11)18-14/h5-7,13H,2-4,16H2,1H3. The van der Waals surface area contributed by atoms with Gasteiger partial charge in [-0.05, 0) is 49.4 Å². The summed E-state index contributed by atoms with van der Waals surface area (Å²) in [6, 6.07) is 5.73. The van der Waals surface area contributed by atoms with Crippen LogP contribution in [0, 0.1) is 6.92 Å². The number of benzene rings is 1. The molecule has 0 fully saturated rings. The molecule has 1 aliphatic carbocycles. The monoisotopic (exact) mass is 278 g/mol. The minimum absolute atomic E-state index is 0.127. The summed E-state index contributed by atoms with van der Waals surface area (Å²) in [6.07, 6.45) is 3.52. The maximum absolute atomic E-state index is 6.33. The van der Waals surface area contributed by atoms with Crippen molar-refractivity contribution in [1.82, 2.24) is 4.98 Å². The summed E-state index contributed by atoms with van der Waals surface area (Å²) in [6.45, 7) is 2.04. The van der Waals surface area contributed by atoms with E-state index >= 15 is 0 Å². The molecule has 2 aromatic rings. The molecule has 0 spiro atoms. The normalized spacial score (nSPS) is 15.7. The summed E-state index contributed by atoms with van der Waals surface area (Å²) in [5.74, 6) is 0. The number of nitrogens with two attached hydrogens (primary N) is 1. The maximum atomic E-state index is 6.33. The van der Waals surface area contributed by atoms with Crippen LogP contribution in [0.3, 0.4) is 0 Å². The molecule has 18 heavy (non-hydrogen) atoms. The Morgan fingerprint density at radius 2 is 2.22 bits per heavy atom. The smallest absolute Gasteiger partial charge is 0.114 e. The van der Waals surface area contributed by atoms with Crippen LogP contribution >= 0.6 is 22.9 Å². The third-order valence-electron chi connectivity index (χ3n) is 3.45. The first-order valence-corrected chi connectivity index (χ1v) is 7.34. The average Bonchev–Trinajstić information content (AvgIpc) is 2.87. The van der Waals surface area contributed by atoms with Crippen LogP contribution in [0.25, 0.3) is 0 Å². The molecule has 1 heterocycles. The molecule has 0 radical (unpaired) electrons. The van der Waals surface area contributed by atoms with Crippen molar-refractivity contribution in [3.05, 3.63) is 49.9 Å². The van der Waals surface area contributed by atoms with Crippen LogP contribution in [-0.4, -0.2) is 4.98 Å². The van der Waals surface area contributed by atoms with E-state index in [2.05, 4.69) is 0 Å². The van der Waals surface area contributed by atoms with E-state index < -0.39 is 0 Å². The molecule has 1 atom stereocenters. The highest BCUT2D eigenvalue weighted by Gasteiger charge is 2.21. The summed E-state index contributed by atoms with van der Waals surface area (Å²) in [5.41, 5.74) is 9.84. The van der Waals surface area contributed by atoms with E-state index in [1.807, 2.05) is 25.1 Å². The lowest BCUT2D eigenvalue weighted by Gasteiger charge is -2.12. The second-order valence-electron chi connectivity index (χ2n) is 4.75. The van der Waals surface area contributed by atoms with Crippen molar-refractivity contribution in [3.8, 4) is 0 Å². The molecule has 0 bridgehead atoms. The van der Waals surface area contributed by atoms with E-state index in [1.54, 1.807) is 11.3 Å². The molecule has 0 aliphatic heterocycles. The summed E-state index contributed by atoms with van der Waals surface area (Å²) in [4.78, 5) is 6.11. The molecule has 2 nitrogen and oxygen atoms in total. The summed E-state index contributed by atoms with van der Waals surface area (Å²) < 4.78 is 0. The Morgan fingerprint density at radius 1 is 1.39 bits per heavy atom. The Hall–Kier alpha value is -0.900. The summed E-state index contributed by atoms with van der Waals surface area (Å²) >= 11 is 7.74. The lowest BCUT2D eigenvalue weighted by molar-refractivity contribution is 0.828. The summed E-state index contributed by atoms with van der Waals surface area (Å²) in [7, 11) is 0. The molecule has 1 aliphatic rings. The van der Waals surface area contributed by atoms with Crippen LogP contribution in [0.4, 0.5) is 0 Å². The Bertz CT molecular complexity index is 570. The maximum Gasteiger partial charge on any atom is 0.114 e. The Labute approximate surface area is 116 Å². The molecule has 0 saturated heterocycles. The second-order valence-corrected chi connectivity index (χ2v) is 6.31. The molecular formula is C14H15ClN2S. The van der Waals surface area contributed by atoms with Crippen molar-refractivity contribution < 1.29 is 0 Å². The number of thiazole rings is 1. The largest absolute Gasteiger partial charge is 0.318 e. The number of aryl methyl sites for hydroxylation is 3. The van der Waals surface area contributed by atoms with Gasteiger partial charge in [0.2, 0.25) is 0 Å². The van der Waals surface area contributed by atoms with E-state index in [0.29, 0.717) is 0 Å². The first-order chi connectivity index (χ1) is 8.65. The molecule has 2 N–H and O–H groups in total. The average molecular weight is 279 g/mol. The minimum atomic E-state index is -0.127. The first kappa shape index (κ1) is 12.2. The third kappa shape index (κ3) is 2.07. The van der Waals surface area contributed by atoms with Crippen molar-refractivity contribution in [3.63, 3.8) is 0 Å². The van der Waals surface area contributed by atoms with Gasteiger partial charge in [0.1, 0.15) is 5.01 Å². The second kappa shape index (κ2) is 4.65. The zero-order valence-corrected chi connectivity index (χ0v) is 11.8. The zero-order valence-electron chi connectivity index (χ0n) is 10.2. The number of hydrogen-bond donors (Lipinski definition) is 1. The fourth-order valence-corrected chi connectivity index (χ4v) is 3.87. The lowest BCUT2D eigenvalue weighted by atomic mass is 10.0. The quantitative estimate of drug-likeness (QED) is 0.911. The van der Waals surface area contributed by atoms with Crippen molar-refractivity contribution in [1.29, 1.82) is 0 Å². The van der Waals surface area contributed by atoms with Gasteiger partial charge in [0.25, 0.3) is 0 Å². The molecule has 0 saturated carbocycles. The Balaban J connectivity index is 1.95. The minimum Gasteiger partial charge on any atom is -0.318 e. The van der Waals surface area contributed by atoms with E-state index in [9.17, 15) is 0 Å². The third-order valence-corrected chi connectivity index (χ3v) is 4.92. The van der Waals surface area contributed by atoms with Gasteiger partial charge in [0.05, 0.1) is 11.7 Å². The number of rotatable bonds is 2. The molecule has 1 aromatic carbocycles. The molecule has 1 aromatic heterocycles. The van der Waals surface area contributed by atoms with Crippen molar-refractivity contribution >= 4 is 22.9 Å². The molecular weight excluding hydrogens is 264 g/mol. The highest BCUT2D eigenvalue weighted by Crippen LogP contribution is 2.33. The van der Waals surface area contributed by atoms with Gasteiger partial charge >= 0.3 is 0 Å². The van der Waals surface area contributed by atoms with Crippen LogP contribution in [-0.2, 0) is 12.8 Å². The van der Waals surface area contributed by atoms with Crippen molar-refractivity contribution in [2.24, 2.45) is 5.73 Å². The number of halogens is 1. The number of fused-ring (bicyclic) bond motifs is 1. The van der Waals surface area contributed by atoms with Gasteiger partial charge < -0.3 is 5.73 Å². The fourth-order valence-electron chi connectivity index (χ4n) is 2.46. The summed E-state index contributed by atoms with van der Waals surface area (Å²) in [5, 5.41) is 1.79. The van der Waals surface area contributed by atoms with E-state index in [4.69, 9.17) is 22.3 Å². The van der Waals surface area contributed by atoms with Crippen LogP contribution in [0.1, 0.15) is 39.2 Å². The van der Waals surface area contributed by atoms with Crippen LogP contribution < -0.4 is 5.73 Å². The van der Waals surface area contributed by atoms with Gasteiger partial charge in [-0.1, -0.05) is 17.7 Å². The highest BCUT2D eigenvalue weighted by molar-refractivity contribution is 7.11. The number of nitrogens with zero attached hydrogens (tertiary/aromatic N) is 1. The van der Waals surface area contributed by atoms with Crippen molar-refractivity contribution in [2.75, 3.05) is 0 Å². The first-order valence-electron chi connectivity index (χ1n) is 6.15. The van der Waals surface area contributed by atoms with E-state index in [1.165, 1.54) is 23.4 Å². The van der Waals surface area contributed by atoms with Gasteiger partial charge in [-0.25, -0.2) is 4.98 Å². The van der Waals surface area contributed by atoms with Crippen LogP contribution in [0.15, 0.2) is 18.2 Å². The molecule has 1 unspecified atom stereocenters. The molecule has 4 heteroatoms. The van der Waals surface area contributed by atoms with E-state index in [0.717, 1.165) is 27.6 Å². The Kier molecular flexibility index (Phi) is 3.14. The lowest BCUT2D eigenvalue weighted by Crippen LogP contribution is -2.13. The van der Waals surface area contributed by atoms with Gasteiger partial charge in [0.15, 0.2) is 0 Å². The van der Waals surface area contributed by atoms with Crippen LogP contribution in [0.5, 0.6) is 0 Å². The van der Waals surface area contributed by atoms with Crippen LogP contribution in [0.2, 0.25) is 5.02 Å². The zero-order chi connectivity index (χ0) is 12.7. The Morgan fingerprint density at radius 3 is 2.94 bits per heavy atom. The predicted molar refractivity (Wildman–Crippen MR) is 76.4 cm³/mol. The van der Waals surface area contributed by atoms with Gasteiger partial charge in [-0.15, -0.1) is 11.3 Å². The topological polar surface area (TPSA) is 38.9 Å². The fraction of sp³-hybridized carbons (Fsp3) is 0.357. The number of hydrogen-bond acceptors (Lipinski definition) is 3. The molecule has 94 valence electrons. The van der Waals surface area contributed by atoms with E-state index in [-0.39, 0.29) is 6.04 Å².